The number of halogens is 2. The summed E-state index contributed by atoms with van der Waals surface area (Å²) < 4.78 is 13.0. The Labute approximate surface area is 101 Å². The molecule has 0 heterocycles. The van der Waals surface area contributed by atoms with E-state index in [1.165, 1.54) is 6.07 Å². The minimum absolute atomic E-state index is 0.0986. The fourth-order valence-corrected chi connectivity index (χ4v) is 1.73. The molecule has 2 atom stereocenters. The summed E-state index contributed by atoms with van der Waals surface area (Å²) in [5, 5.41) is 3.47. The first-order valence-electron chi connectivity index (χ1n) is 5.19. The van der Waals surface area contributed by atoms with Gasteiger partial charge < -0.3 is 5.32 Å². The lowest BCUT2D eigenvalue weighted by Gasteiger charge is -2.19. The van der Waals surface area contributed by atoms with E-state index in [0.717, 1.165) is 5.56 Å². The number of rotatable bonds is 4. The van der Waals surface area contributed by atoms with Crippen LogP contribution in [-0.2, 0) is 0 Å². The summed E-state index contributed by atoms with van der Waals surface area (Å²) in [6, 6.07) is 5.06. The van der Waals surface area contributed by atoms with Gasteiger partial charge in [-0.3, -0.25) is 0 Å². The predicted molar refractivity (Wildman–Crippen MR) is 65.9 cm³/mol. The van der Waals surface area contributed by atoms with Crippen LogP contribution >= 0.6 is 11.6 Å². The largest absolute Gasteiger partial charge is 0.307 e. The van der Waals surface area contributed by atoms with Crippen molar-refractivity contribution in [2.75, 3.05) is 0 Å². The van der Waals surface area contributed by atoms with Crippen LogP contribution in [0.15, 0.2) is 18.2 Å². The molecule has 1 aromatic carbocycles. The molecule has 0 spiro atoms. The summed E-state index contributed by atoms with van der Waals surface area (Å²) in [7, 11) is 0. The second-order valence-electron chi connectivity index (χ2n) is 3.87. The zero-order chi connectivity index (χ0) is 12.1. The van der Waals surface area contributed by atoms with Crippen LogP contribution in [0, 0.1) is 18.2 Å². The SMILES string of the molecule is C#CCC(C)NC(C)c1ccc(F)c(Cl)c1. The average molecular weight is 240 g/mol. The maximum absolute atomic E-state index is 13.0. The zero-order valence-electron chi connectivity index (χ0n) is 9.43. The molecule has 1 rings (SSSR count). The molecule has 0 amide bonds. The maximum atomic E-state index is 13.0. The molecule has 1 nitrogen and oxygen atoms in total. The van der Waals surface area contributed by atoms with E-state index in [4.69, 9.17) is 18.0 Å². The number of benzene rings is 1. The summed E-state index contributed by atoms with van der Waals surface area (Å²) in [5.41, 5.74) is 0.954. The molecule has 16 heavy (non-hydrogen) atoms. The first kappa shape index (κ1) is 13.0. The summed E-state index contributed by atoms with van der Waals surface area (Å²) >= 11 is 5.72. The van der Waals surface area contributed by atoms with Gasteiger partial charge in [-0.15, -0.1) is 12.3 Å². The lowest BCUT2D eigenvalue weighted by Crippen LogP contribution is -2.28. The summed E-state index contributed by atoms with van der Waals surface area (Å²) in [6.07, 6.45) is 5.89. The highest BCUT2D eigenvalue weighted by atomic mass is 35.5. The highest BCUT2D eigenvalue weighted by Crippen LogP contribution is 2.21. The summed E-state index contributed by atoms with van der Waals surface area (Å²) in [5.74, 6) is 2.20. The second kappa shape index (κ2) is 5.89. The van der Waals surface area contributed by atoms with Crippen molar-refractivity contribution in [1.29, 1.82) is 0 Å². The Balaban J connectivity index is 2.70. The molecule has 3 heteroatoms. The van der Waals surface area contributed by atoms with Crippen LogP contribution in [-0.4, -0.2) is 6.04 Å². The molecule has 1 aromatic rings. The van der Waals surface area contributed by atoms with E-state index < -0.39 is 5.82 Å². The zero-order valence-corrected chi connectivity index (χ0v) is 10.2. The first-order valence-corrected chi connectivity index (χ1v) is 5.57. The summed E-state index contributed by atoms with van der Waals surface area (Å²) in [4.78, 5) is 0. The van der Waals surface area contributed by atoms with E-state index in [9.17, 15) is 4.39 Å². The van der Waals surface area contributed by atoms with Crippen LogP contribution in [0.4, 0.5) is 4.39 Å². The van der Waals surface area contributed by atoms with Crippen LogP contribution in [0.3, 0.4) is 0 Å². The van der Waals surface area contributed by atoms with Gasteiger partial charge in [0.2, 0.25) is 0 Å². The molecule has 0 aliphatic carbocycles. The molecule has 0 radical (unpaired) electrons. The lowest BCUT2D eigenvalue weighted by molar-refractivity contribution is 0.486. The van der Waals surface area contributed by atoms with Crippen molar-refractivity contribution in [2.24, 2.45) is 0 Å². The van der Waals surface area contributed by atoms with Gasteiger partial charge >= 0.3 is 0 Å². The highest BCUT2D eigenvalue weighted by molar-refractivity contribution is 6.30. The van der Waals surface area contributed by atoms with Crippen molar-refractivity contribution in [3.05, 3.63) is 34.6 Å². The molecule has 0 aliphatic rings. The number of hydrogen-bond donors (Lipinski definition) is 1. The Bertz CT molecular complexity index is 397. The van der Waals surface area contributed by atoms with E-state index in [1.807, 2.05) is 13.8 Å². The van der Waals surface area contributed by atoms with Gasteiger partial charge in [0.05, 0.1) is 5.02 Å². The minimum Gasteiger partial charge on any atom is -0.307 e. The van der Waals surface area contributed by atoms with Gasteiger partial charge in [-0.05, 0) is 31.5 Å². The van der Waals surface area contributed by atoms with Gasteiger partial charge in [-0.2, -0.15) is 0 Å². The third-order valence-electron chi connectivity index (χ3n) is 2.40. The Hall–Kier alpha value is -1.04. The van der Waals surface area contributed by atoms with Crippen LogP contribution < -0.4 is 5.32 Å². The predicted octanol–water partition coefficient (Wildman–Crippen LogP) is 3.54. The number of hydrogen-bond acceptors (Lipinski definition) is 1. The average Bonchev–Trinajstić information content (AvgIpc) is 2.22. The van der Waals surface area contributed by atoms with Crippen LogP contribution in [0.5, 0.6) is 0 Å². The smallest absolute Gasteiger partial charge is 0.141 e. The van der Waals surface area contributed by atoms with Crippen molar-refractivity contribution in [3.8, 4) is 12.3 Å². The van der Waals surface area contributed by atoms with Gasteiger partial charge in [-0.1, -0.05) is 17.7 Å². The molecule has 1 N–H and O–H groups in total. The van der Waals surface area contributed by atoms with Crippen molar-refractivity contribution < 1.29 is 4.39 Å². The molecule has 86 valence electrons. The Morgan fingerprint density at radius 3 is 2.75 bits per heavy atom. The molecule has 0 aliphatic heterocycles. The monoisotopic (exact) mass is 239 g/mol. The Morgan fingerprint density at radius 2 is 2.19 bits per heavy atom. The Morgan fingerprint density at radius 1 is 1.50 bits per heavy atom. The van der Waals surface area contributed by atoms with Crippen molar-refractivity contribution >= 4 is 11.6 Å². The molecular formula is C13H15ClFN. The van der Waals surface area contributed by atoms with Gasteiger partial charge in [0.15, 0.2) is 0 Å². The Kier molecular flexibility index (Phi) is 4.79. The maximum Gasteiger partial charge on any atom is 0.141 e. The van der Waals surface area contributed by atoms with Crippen LogP contribution in [0.25, 0.3) is 0 Å². The topological polar surface area (TPSA) is 12.0 Å². The van der Waals surface area contributed by atoms with E-state index >= 15 is 0 Å². The molecule has 0 saturated heterocycles. The van der Waals surface area contributed by atoms with E-state index in [0.29, 0.717) is 6.42 Å². The lowest BCUT2D eigenvalue weighted by atomic mass is 10.1. The molecule has 0 aromatic heterocycles. The van der Waals surface area contributed by atoms with Gasteiger partial charge in [0.1, 0.15) is 5.82 Å². The normalized spacial score (nSPS) is 14.2. The van der Waals surface area contributed by atoms with Crippen molar-refractivity contribution in [2.45, 2.75) is 32.4 Å². The fourth-order valence-electron chi connectivity index (χ4n) is 1.54. The van der Waals surface area contributed by atoms with Gasteiger partial charge in [0, 0.05) is 18.5 Å². The van der Waals surface area contributed by atoms with Gasteiger partial charge in [0.25, 0.3) is 0 Å². The third kappa shape index (κ3) is 3.52. The van der Waals surface area contributed by atoms with Crippen molar-refractivity contribution in [1.82, 2.24) is 5.32 Å². The van der Waals surface area contributed by atoms with E-state index in [-0.39, 0.29) is 17.1 Å². The number of terminal acetylenes is 1. The van der Waals surface area contributed by atoms with Gasteiger partial charge in [-0.25, -0.2) is 4.39 Å². The highest BCUT2D eigenvalue weighted by Gasteiger charge is 2.10. The first-order chi connectivity index (χ1) is 7.54. The fraction of sp³-hybridized carbons (Fsp3) is 0.385. The molecule has 0 saturated carbocycles. The third-order valence-corrected chi connectivity index (χ3v) is 2.69. The summed E-state index contributed by atoms with van der Waals surface area (Å²) in [6.45, 7) is 4.01. The molecule has 2 unspecified atom stereocenters. The molecule has 0 bridgehead atoms. The van der Waals surface area contributed by atoms with Crippen molar-refractivity contribution in [3.63, 3.8) is 0 Å². The minimum atomic E-state index is -0.394. The second-order valence-corrected chi connectivity index (χ2v) is 4.28. The van der Waals surface area contributed by atoms with E-state index in [2.05, 4.69) is 11.2 Å². The van der Waals surface area contributed by atoms with Crippen LogP contribution in [0.2, 0.25) is 5.02 Å². The molecular weight excluding hydrogens is 225 g/mol. The van der Waals surface area contributed by atoms with Crippen LogP contribution in [0.1, 0.15) is 31.9 Å². The number of nitrogens with one attached hydrogen (secondary N) is 1. The standard InChI is InChI=1S/C13H15ClFN/c1-4-5-9(2)16-10(3)11-6-7-13(15)12(14)8-11/h1,6-10,16H,5H2,2-3H3. The molecule has 0 fully saturated rings. The quantitative estimate of drug-likeness (QED) is 0.793. The van der Waals surface area contributed by atoms with E-state index in [1.54, 1.807) is 12.1 Å².